The van der Waals surface area contributed by atoms with Crippen LogP contribution in [-0.2, 0) is 11.2 Å². The fourth-order valence-electron chi connectivity index (χ4n) is 3.66. The smallest absolute Gasteiger partial charge is 0.336 e. The molecule has 1 aliphatic heterocycles. The number of rotatable bonds is 5. The Morgan fingerprint density at radius 2 is 2.04 bits per heavy atom. The molecule has 1 aromatic carbocycles. The number of benzene rings is 1. The lowest BCUT2D eigenvalue weighted by atomic mass is 9.96. The van der Waals surface area contributed by atoms with E-state index in [-0.39, 0.29) is 0 Å². The fraction of sp³-hybridized carbons (Fsp3) is 0.500. The van der Waals surface area contributed by atoms with Gasteiger partial charge in [-0.25, -0.2) is 4.79 Å². The first-order valence-corrected chi connectivity index (χ1v) is 9.18. The van der Waals surface area contributed by atoms with Crippen molar-refractivity contribution in [3.8, 4) is 0 Å². The highest BCUT2D eigenvalue weighted by atomic mass is 79.9. The van der Waals surface area contributed by atoms with Crippen LogP contribution >= 0.6 is 15.9 Å². The molecule has 0 bridgehead atoms. The molecule has 1 aliphatic rings. The number of ether oxygens (including phenoxy) is 1. The Kier molecular flexibility index (Phi) is 5.15. The van der Waals surface area contributed by atoms with Gasteiger partial charge in [0.2, 0.25) is 0 Å². The maximum Gasteiger partial charge on any atom is 0.336 e. The Hall–Kier alpha value is -1.53. The van der Waals surface area contributed by atoms with Gasteiger partial charge in [-0.05, 0) is 53.7 Å². The number of fused-ring (bicyclic) bond motifs is 1. The number of aromatic carboxylic acids is 1. The highest BCUT2D eigenvalue weighted by Gasteiger charge is 2.27. The number of furan rings is 1. The zero-order valence-corrected chi connectivity index (χ0v) is 15.6. The van der Waals surface area contributed by atoms with Gasteiger partial charge in [-0.3, -0.25) is 0 Å². The average molecular weight is 396 g/mol. The molecule has 0 saturated carbocycles. The summed E-state index contributed by atoms with van der Waals surface area (Å²) in [7, 11) is 0. The molecule has 1 saturated heterocycles. The van der Waals surface area contributed by atoms with Gasteiger partial charge in [-0.15, -0.1) is 0 Å². The third-order valence-electron chi connectivity index (χ3n) is 4.73. The molecule has 3 rings (SSSR count). The Bertz CT molecular complexity index is 749. The number of hydrogen-bond acceptors (Lipinski definition) is 4. The molecule has 0 amide bonds. The van der Waals surface area contributed by atoms with Crippen LogP contribution in [0.15, 0.2) is 21.2 Å². The normalized spacial score (nSPS) is 15.8. The van der Waals surface area contributed by atoms with E-state index in [0.29, 0.717) is 33.7 Å². The zero-order valence-electron chi connectivity index (χ0n) is 14.0. The minimum absolute atomic E-state index is 0.352. The molecule has 0 unspecified atom stereocenters. The largest absolute Gasteiger partial charge is 0.478 e. The van der Waals surface area contributed by atoms with Crippen molar-refractivity contribution in [2.45, 2.75) is 39.2 Å². The quantitative estimate of drug-likeness (QED) is 0.809. The third kappa shape index (κ3) is 3.05. The fourth-order valence-corrected chi connectivity index (χ4v) is 4.06. The number of carboxylic acids is 1. The number of carboxylic acid groups (broad SMARTS) is 1. The van der Waals surface area contributed by atoms with E-state index in [1.165, 1.54) is 0 Å². The molecule has 0 spiro atoms. The SMILES string of the molecule is CCc1c(N(CC)C2CCOCC2)cc2oc(Br)cc2c1C(=O)O. The van der Waals surface area contributed by atoms with Gasteiger partial charge in [-0.2, -0.15) is 0 Å². The van der Waals surface area contributed by atoms with Gasteiger partial charge in [0.25, 0.3) is 0 Å². The molecule has 2 aromatic rings. The van der Waals surface area contributed by atoms with Crippen LogP contribution in [-0.4, -0.2) is 36.9 Å². The number of nitrogens with zero attached hydrogens (tertiary/aromatic N) is 1. The van der Waals surface area contributed by atoms with Crippen molar-refractivity contribution in [3.63, 3.8) is 0 Å². The second-order valence-electron chi connectivity index (χ2n) is 6.00. The highest BCUT2D eigenvalue weighted by Crippen LogP contribution is 2.37. The summed E-state index contributed by atoms with van der Waals surface area (Å²) in [5.74, 6) is -0.907. The van der Waals surface area contributed by atoms with Crippen molar-refractivity contribution >= 4 is 38.6 Å². The van der Waals surface area contributed by atoms with E-state index in [0.717, 1.165) is 43.9 Å². The maximum absolute atomic E-state index is 11.9. The molecular weight excluding hydrogens is 374 g/mol. The van der Waals surface area contributed by atoms with Gasteiger partial charge in [0.05, 0.1) is 5.56 Å². The van der Waals surface area contributed by atoms with Crippen LogP contribution < -0.4 is 4.90 Å². The predicted octanol–water partition coefficient (Wildman–Crippen LogP) is 4.46. The molecule has 5 nitrogen and oxygen atoms in total. The second kappa shape index (κ2) is 7.15. The van der Waals surface area contributed by atoms with Gasteiger partial charge in [0, 0.05) is 42.9 Å². The molecule has 0 aliphatic carbocycles. The van der Waals surface area contributed by atoms with Crippen LogP contribution in [0.4, 0.5) is 5.69 Å². The lowest BCUT2D eigenvalue weighted by molar-refractivity contribution is 0.0697. The Morgan fingerprint density at radius 3 is 2.62 bits per heavy atom. The summed E-state index contributed by atoms with van der Waals surface area (Å²) in [6.45, 7) is 6.44. The van der Waals surface area contributed by atoms with E-state index in [4.69, 9.17) is 9.15 Å². The lowest BCUT2D eigenvalue weighted by Crippen LogP contribution is -2.40. The van der Waals surface area contributed by atoms with Gasteiger partial charge in [0.1, 0.15) is 5.58 Å². The second-order valence-corrected chi connectivity index (χ2v) is 6.78. The molecule has 6 heteroatoms. The number of carbonyl (C=O) groups is 1. The van der Waals surface area contributed by atoms with E-state index in [9.17, 15) is 9.90 Å². The summed E-state index contributed by atoms with van der Waals surface area (Å²) in [6.07, 6.45) is 2.58. The summed E-state index contributed by atoms with van der Waals surface area (Å²) in [5, 5.41) is 10.4. The Morgan fingerprint density at radius 1 is 1.33 bits per heavy atom. The van der Waals surface area contributed by atoms with Gasteiger partial charge in [0.15, 0.2) is 4.67 Å². The van der Waals surface area contributed by atoms with Crippen LogP contribution in [0.5, 0.6) is 0 Å². The van der Waals surface area contributed by atoms with Crippen molar-refractivity contribution in [3.05, 3.63) is 27.9 Å². The maximum atomic E-state index is 11.9. The van der Waals surface area contributed by atoms with Crippen molar-refractivity contribution in [2.24, 2.45) is 0 Å². The van der Waals surface area contributed by atoms with Crippen molar-refractivity contribution in [1.82, 2.24) is 0 Å². The van der Waals surface area contributed by atoms with E-state index in [1.54, 1.807) is 6.07 Å². The standard InChI is InChI=1S/C18H22BrNO4/c1-3-12-14(20(4-2)11-5-7-23-8-6-11)10-15-13(9-16(19)24-15)17(12)18(21)22/h9-11H,3-8H2,1-2H3,(H,21,22). The molecule has 1 N–H and O–H groups in total. The molecule has 1 aromatic heterocycles. The first kappa shape index (κ1) is 17.3. The Labute approximate surface area is 149 Å². The van der Waals surface area contributed by atoms with E-state index in [1.807, 2.05) is 13.0 Å². The molecule has 2 heterocycles. The summed E-state index contributed by atoms with van der Waals surface area (Å²) in [5.41, 5.74) is 2.80. The molecule has 1 fully saturated rings. The summed E-state index contributed by atoms with van der Waals surface area (Å²) >= 11 is 3.32. The molecule has 0 radical (unpaired) electrons. The van der Waals surface area contributed by atoms with Crippen LogP contribution in [0.1, 0.15) is 42.6 Å². The number of hydrogen-bond donors (Lipinski definition) is 1. The van der Waals surface area contributed by atoms with Crippen LogP contribution in [0.25, 0.3) is 11.0 Å². The number of anilines is 1. The van der Waals surface area contributed by atoms with Gasteiger partial charge < -0.3 is 19.2 Å². The monoisotopic (exact) mass is 395 g/mol. The van der Waals surface area contributed by atoms with E-state index >= 15 is 0 Å². The number of halogens is 1. The van der Waals surface area contributed by atoms with Crippen LogP contribution in [0.3, 0.4) is 0 Å². The van der Waals surface area contributed by atoms with Gasteiger partial charge in [-0.1, -0.05) is 6.92 Å². The van der Waals surface area contributed by atoms with Crippen molar-refractivity contribution < 1.29 is 19.1 Å². The summed E-state index contributed by atoms with van der Waals surface area (Å²) in [6, 6.07) is 4.10. The molecular formula is C18H22BrNO4. The summed E-state index contributed by atoms with van der Waals surface area (Å²) < 4.78 is 11.7. The first-order valence-electron chi connectivity index (χ1n) is 8.39. The van der Waals surface area contributed by atoms with Gasteiger partial charge >= 0.3 is 5.97 Å². The van der Waals surface area contributed by atoms with E-state index < -0.39 is 5.97 Å². The topological polar surface area (TPSA) is 62.9 Å². The molecule has 130 valence electrons. The van der Waals surface area contributed by atoms with Crippen LogP contribution in [0.2, 0.25) is 0 Å². The average Bonchev–Trinajstić information content (AvgIpc) is 2.94. The minimum Gasteiger partial charge on any atom is -0.478 e. The minimum atomic E-state index is -0.907. The third-order valence-corrected chi connectivity index (χ3v) is 5.12. The highest BCUT2D eigenvalue weighted by molar-refractivity contribution is 9.10. The summed E-state index contributed by atoms with van der Waals surface area (Å²) in [4.78, 5) is 14.3. The van der Waals surface area contributed by atoms with Crippen LogP contribution in [0, 0.1) is 0 Å². The Balaban J connectivity index is 2.19. The first-order chi connectivity index (χ1) is 11.6. The lowest BCUT2D eigenvalue weighted by Gasteiger charge is -2.36. The van der Waals surface area contributed by atoms with E-state index in [2.05, 4.69) is 27.8 Å². The van der Waals surface area contributed by atoms with Crippen molar-refractivity contribution in [1.29, 1.82) is 0 Å². The predicted molar refractivity (Wildman–Crippen MR) is 97.1 cm³/mol. The molecule has 0 atom stereocenters. The zero-order chi connectivity index (χ0) is 17.3. The van der Waals surface area contributed by atoms with Crippen molar-refractivity contribution in [2.75, 3.05) is 24.7 Å². The molecule has 24 heavy (non-hydrogen) atoms.